The van der Waals surface area contributed by atoms with Crippen LogP contribution in [0.2, 0.25) is 0 Å². The largest absolute Gasteiger partial charge is 0.497 e. The van der Waals surface area contributed by atoms with Gasteiger partial charge in [0, 0.05) is 5.92 Å². The number of ether oxygens (including phenoxy) is 1. The van der Waals surface area contributed by atoms with E-state index in [1.165, 1.54) is 6.42 Å². The van der Waals surface area contributed by atoms with E-state index >= 15 is 0 Å². The fourth-order valence-electron chi connectivity index (χ4n) is 3.40. The zero-order chi connectivity index (χ0) is 14.8. The van der Waals surface area contributed by atoms with E-state index in [2.05, 4.69) is 21.1 Å². The molecule has 0 spiro atoms. The van der Waals surface area contributed by atoms with Crippen LogP contribution in [0.4, 0.5) is 0 Å². The molecule has 1 fully saturated rings. The molecule has 112 valence electrons. The van der Waals surface area contributed by atoms with Crippen molar-refractivity contribution in [2.45, 2.75) is 31.3 Å². The van der Waals surface area contributed by atoms with Crippen molar-refractivity contribution in [3.63, 3.8) is 0 Å². The third kappa shape index (κ3) is 3.33. The Labute approximate surface area is 122 Å². The average molecular weight is 278 g/mol. The Bertz CT molecular complexity index is 453. The Morgan fingerprint density at radius 3 is 2.70 bits per heavy atom. The van der Waals surface area contributed by atoms with E-state index in [-0.39, 0.29) is 0 Å². The molecule has 0 aromatic heterocycles. The molecule has 2 rings (SSSR count). The topological polar surface area (TPSA) is 29.5 Å². The lowest BCUT2D eigenvalue weighted by Crippen LogP contribution is -2.48. The molecule has 0 amide bonds. The summed E-state index contributed by atoms with van der Waals surface area (Å²) in [5.74, 6) is 1.13. The van der Waals surface area contributed by atoms with Crippen LogP contribution in [-0.2, 0) is 5.60 Å². The normalized spacial score (nSPS) is 27.4. The molecule has 1 aliphatic rings. The van der Waals surface area contributed by atoms with Crippen molar-refractivity contribution < 1.29 is 14.3 Å². The van der Waals surface area contributed by atoms with E-state index in [4.69, 9.17) is 4.74 Å². The lowest BCUT2D eigenvalue weighted by atomic mass is 9.71. The van der Waals surface area contributed by atoms with Gasteiger partial charge in [-0.15, -0.1) is 0 Å². The maximum absolute atomic E-state index is 11.3. The Balaban J connectivity index is 2.32. The molecule has 0 unspecified atom stereocenters. The molecule has 1 N–H and O–H groups in total. The van der Waals surface area contributed by atoms with Gasteiger partial charge in [-0.1, -0.05) is 25.0 Å². The van der Waals surface area contributed by atoms with Gasteiger partial charge >= 0.3 is 0 Å². The Morgan fingerprint density at radius 2 is 2.05 bits per heavy atom. The molecule has 3 nitrogen and oxygen atoms in total. The fraction of sp³-hybridized carbons (Fsp3) is 0.647. The summed E-state index contributed by atoms with van der Waals surface area (Å²) in [5, 5.41) is 11.3. The highest BCUT2D eigenvalue weighted by atomic mass is 16.5. The molecule has 1 aromatic carbocycles. The van der Waals surface area contributed by atoms with Crippen molar-refractivity contribution >= 4 is 0 Å². The van der Waals surface area contributed by atoms with E-state index in [1.807, 2.05) is 24.3 Å². The number of rotatable bonds is 4. The molecule has 0 aliphatic heterocycles. The predicted molar refractivity (Wildman–Crippen MR) is 81.7 cm³/mol. The third-order valence-corrected chi connectivity index (χ3v) is 4.37. The first-order valence-electron chi connectivity index (χ1n) is 7.52. The first kappa shape index (κ1) is 15.3. The van der Waals surface area contributed by atoms with Crippen LogP contribution in [-0.4, -0.2) is 44.4 Å². The van der Waals surface area contributed by atoms with E-state index in [0.29, 0.717) is 5.92 Å². The molecule has 0 bridgehead atoms. The molecular formula is C17H28NO2+. The van der Waals surface area contributed by atoms with Gasteiger partial charge in [0.25, 0.3) is 0 Å². The molecule has 0 heterocycles. The number of aliphatic hydroxyl groups is 1. The van der Waals surface area contributed by atoms with Crippen molar-refractivity contribution in [2.75, 3.05) is 34.8 Å². The molecular weight excluding hydrogens is 250 g/mol. The van der Waals surface area contributed by atoms with Crippen LogP contribution < -0.4 is 4.74 Å². The minimum atomic E-state index is -0.710. The van der Waals surface area contributed by atoms with Gasteiger partial charge < -0.3 is 14.3 Å². The number of methoxy groups -OCH3 is 1. The van der Waals surface area contributed by atoms with Crippen LogP contribution in [0.15, 0.2) is 24.3 Å². The van der Waals surface area contributed by atoms with Gasteiger partial charge in [-0.3, -0.25) is 0 Å². The van der Waals surface area contributed by atoms with Crippen LogP contribution in [0.3, 0.4) is 0 Å². The van der Waals surface area contributed by atoms with Crippen molar-refractivity contribution in [2.24, 2.45) is 5.92 Å². The van der Waals surface area contributed by atoms with Gasteiger partial charge in [-0.25, -0.2) is 0 Å². The molecule has 0 saturated heterocycles. The number of nitrogens with zero attached hydrogens (tertiary/aromatic N) is 1. The monoisotopic (exact) mass is 278 g/mol. The maximum Gasteiger partial charge on any atom is 0.119 e. The first-order chi connectivity index (χ1) is 9.35. The van der Waals surface area contributed by atoms with E-state index < -0.39 is 5.60 Å². The summed E-state index contributed by atoms with van der Waals surface area (Å²) < 4.78 is 6.20. The van der Waals surface area contributed by atoms with Crippen LogP contribution in [0.1, 0.15) is 31.2 Å². The molecule has 3 heteroatoms. The maximum atomic E-state index is 11.3. The predicted octanol–water partition coefficient (Wildman–Crippen LogP) is 2.78. The number of hydrogen-bond donors (Lipinski definition) is 1. The summed E-state index contributed by atoms with van der Waals surface area (Å²) in [7, 11) is 8.26. The summed E-state index contributed by atoms with van der Waals surface area (Å²) >= 11 is 0. The van der Waals surface area contributed by atoms with Gasteiger partial charge in [0.15, 0.2) is 0 Å². The minimum absolute atomic E-state index is 0.309. The van der Waals surface area contributed by atoms with Crippen LogP contribution in [0, 0.1) is 5.92 Å². The molecule has 1 aromatic rings. The van der Waals surface area contributed by atoms with Crippen molar-refractivity contribution in [1.82, 2.24) is 0 Å². The Kier molecular flexibility index (Phi) is 4.40. The fourth-order valence-corrected chi connectivity index (χ4v) is 3.40. The van der Waals surface area contributed by atoms with E-state index in [9.17, 15) is 5.11 Å². The molecule has 20 heavy (non-hydrogen) atoms. The van der Waals surface area contributed by atoms with Crippen LogP contribution >= 0.6 is 0 Å². The second-order valence-electron chi connectivity index (χ2n) is 7.07. The van der Waals surface area contributed by atoms with Crippen molar-refractivity contribution in [3.05, 3.63) is 29.8 Å². The third-order valence-electron chi connectivity index (χ3n) is 4.37. The minimum Gasteiger partial charge on any atom is -0.497 e. The quantitative estimate of drug-likeness (QED) is 0.858. The van der Waals surface area contributed by atoms with Crippen molar-refractivity contribution in [1.29, 1.82) is 0 Å². The van der Waals surface area contributed by atoms with Crippen LogP contribution in [0.5, 0.6) is 5.75 Å². The van der Waals surface area contributed by atoms with E-state index in [0.717, 1.165) is 41.6 Å². The first-order valence-corrected chi connectivity index (χ1v) is 7.52. The average Bonchev–Trinajstić information content (AvgIpc) is 2.40. The molecule has 1 saturated carbocycles. The van der Waals surface area contributed by atoms with E-state index in [1.54, 1.807) is 7.11 Å². The molecule has 1 aliphatic carbocycles. The second kappa shape index (κ2) is 5.74. The lowest BCUT2D eigenvalue weighted by molar-refractivity contribution is -0.875. The van der Waals surface area contributed by atoms with Gasteiger partial charge in [-0.05, 0) is 30.5 Å². The zero-order valence-corrected chi connectivity index (χ0v) is 13.2. The SMILES string of the molecule is COc1cccc([C@@]2(O)CCCC[C@H]2C[N+](C)(C)C)c1. The standard InChI is InChI=1S/C17H28NO2/c1-18(2,3)13-15-8-5-6-11-17(15,19)14-9-7-10-16(12-14)20-4/h7,9-10,12,15,19H,5-6,8,11,13H2,1-4H3/q+1/t15-,17-/m0/s1. The number of benzene rings is 1. The smallest absolute Gasteiger partial charge is 0.119 e. The summed E-state index contributed by atoms with van der Waals surface area (Å²) in [5.41, 5.74) is 0.299. The lowest BCUT2D eigenvalue weighted by Gasteiger charge is -2.43. The highest BCUT2D eigenvalue weighted by molar-refractivity contribution is 5.33. The molecule has 2 atom stereocenters. The summed E-state index contributed by atoms with van der Waals surface area (Å²) in [6.07, 6.45) is 4.27. The Morgan fingerprint density at radius 1 is 1.30 bits per heavy atom. The highest BCUT2D eigenvalue weighted by Gasteiger charge is 2.43. The second-order valence-corrected chi connectivity index (χ2v) is 7.07. The summed E-state index contributed by atoms with van der Waals surface area (Å²) in [4.78, 5) is 0. The number of hydrogen-bond acceptors (Lipinski definition) is 2. The number of quaternary nitrogens is 1. The van der Waals surface area contributed by atoms with Gasteiger partial charge in [0.05, 0.1) is 40.4 Å². The summed E-state index contributed by atoms with van der Waals surface area (Å²) in [6.45, 7) is 0.994. The van der Waals surface area contributed by atoms with Gasteiger partial charge in [-0.2, -0.15) is 0 Å². The summed E-state index contributed by atoms with van der Waals surface area (Å²) in [6, 6.07) is 7.94. The highest BCUT2D eigenvalue weighted by Crippen LogP contribution is 2.43. The molecule has 0 radical (unpaired) electrons. The van der Waals surface area contributed by atoms with Crippen LogP contribution in [0.25, 0.3) is 0 Å². The van der Waals surface area contributed by atoms with Crippen molar-refractivity contribution in [3.8, 4) is 5.75 Å². The van der Waals surface area contributed by atoms with Gasteiger partial charge in [0.1, 0.15) is 5.75 Å². The zero-order valence-electron chi connectivity index (χ0n) is 13.2. The Hall–Kier alpha value is -1.06. The van der Waals surface area contributed by atoms with Gasteiger partial charge in [0.2, 0.25) is 0 Å².